The topological polar surface area (TPSA) is 63.8 Å². The Bertz CT molecular complexity index is 541. The Labute approximate surface area is 103 Å². The molecule has 0 saturated heterocycles. The van der Waals surface area contributed by atoms with Crippen LogP contribution in [0.4, 0.5) is 0 Å². The highest BCUT2D eigenvalue weighted by atomic mass is 35.5. The number of fused-ring (bicyclic) bond motifs is 1. The standard InChI is InChI=1S/C11H13ClN4O/c12-10-9-11(14-5-13-10)16(6-15-9)8-3-1-2-7(8)4-17/h5-8,17H,1-4H2. The van der Waals surface area contributed by atoms with E-state index in [0.717, 1.165) is 24.9 Å². The van der Waals surface area contributed by atoms with Crippen LogP contribution in [-0.4, -0.2) is 31.2 Å². The molecule has 17 heavy (non-hydrogen) atoms. The average Bonchev–Trinajstić information content (AvgIpc) is 2.94. The van der Waals surface area contributed by atoms with Crippen molar-refractivity contribution in [2.45, 2.75) is 25.3 Å². The van der Waals surface area contributed by atoms with Crippen molar-refractivity contribution in [2.24, 2.45) is 5.92 Å². The summed E-state index contributed by atoms with van der Waals surface area (Å²) in [5, 5.41) is 9.75. The van der Waals surface area contributed by atoms with Gasteiger partial charge in [-0.2, -0.15) is 0 Å². The maximum Gasteiger partial charge on any atom is 0.165 e. The van der Waals surface area contributed by atoms with Gasteiger partial charge in [-0.1, -0.05) is 18.0 Å². The second kappa shape index (κ2) is 4.23. The highest BCUT2D eigenvalue weighted by Gasteiger charge is 2.29. The molecule has 0 bridgehead atoms. The van der Waals surface area contributed by atoms with Crippen LogP contribution in [0.15, 0.2) is 12.7 Å². The van der Waals surface area contributed by atoms with E-state index < -0.39 is 0 Å². The first-order chi connectivity index (χ1) is 8.31. The summed E-state index contributed by atoms with van der Waals surface area (Å²) in [5.74, 6) is 0.293. The van der Waals surface area contributed by atoms with Crippen LogP contribution in [0.3, 0.4) is 0 Å². The molecule has 0 spiro atoms. The van der Waals surface area contributed by atoms with Crippen LogP contribution < -0.4 is 0 Å². The van der Waals surface area contributed by atoms with Crippen molar-refractivity contribution in [1.29, 1.82) is 0 Å². The van der Waals surface area contributed by atoms with Gasteiger partial charge in [0, 0.05) is 18.6 Å². The minimum absolute atomic E-state index is 0.211. The van der Waals surface area contributed by atoms with Crippen LogP contribution in [-0.2, 0) is 0 Å². The van der Waals surface area contributed by atoms with Crippen molar-refractivity contribution < 1.29 is 5.11 Å². The van der Waals surface area contributed by atoms with E-state index in [1.54, 1.807) is 6.33 Å². The number of nitrogens with zero attached hydrogens (tertiary/aromatic N) is 4. The van der Waals surface area contributed by atoms with E-state index in [1.165, 1.54) is 6.33 Å². The molecule has 2 unspecified atom stereocenters. The molecule has 3 rings (SSSR count). The lowest BCUT2D eigenvalue weighted by Gasteiger charge is -2.19. The molecule has 1 saturated carbocycles. The lowest BCUT2D eigenvalue weighted by Crippen LogP contribution is -2.16. The molecule has 90 valence electrons. The Kier molecular flexibility index (Phi) is 2.72. The Balaban J connectivity index is 2.09. The number of halogens is 1. The number of hydrogen-bond donors (Lipinski definition) is 1. The van der Waals surface area contributed by atoms with E-state index in [2.05, 4.69) is 15.0 Å². The van der Waals surface area contributed by atoms with Gasteiger partial charge < -0.3 is 9.67 Å². The molecule has 2 aromatic heterocycles. The lowest BCUT2D eigenvalue weighted by molar-refractivity contribution is 0.197. The minimum Gasteiger partial charge on any atom is -0.396 e. The van der Waals surface area contributed by atoms with Gasteiger partial charge in [-0.15, -0.1) is 0 Å². The van der Waals surface area contributed by atoms with Crippen molar-refractivity contribution in [2.75, 3.05) is 6.61 Å². The smallest absolute Gasteiger partial charge is 0.165 e. The fourth-order valence-corrected chi connectivity index (χ4v) is 2.84. The third-order valence-corrected chi connectivity index (χ3v) is 3.80. The zero-order valence-corrected chi connectivity index (χ0v) is 10.0. The fraction of sp³-hybridized carbons (Fsp3) is 0.545. The molecule has 0 aliphatic heterocycles. The van der Waals surface area contributed by atoms with Gasteiger partial charge in [0.15, 0.2) is 10.8 Å². The highest BCUT2D eigenvalue weighted by molar-refractivity contribution is 6.33. The molecule has 1 fully saturated rings. The number of aliphatic hydroxyl groups excluding tert-OH is 1. The first-order valence-electron chi connectivity index (χ1n) is 5.75. The number of rotatable bonds is 2. The first kappa shape index (κ1) is 10.9. The van der Waals surface area contributed by atoms with E-state index >= 15 is 0 Å². The van der Waals surface area contributed by atoms with Gasteiger partial charge in [0.2, 0.25) is 0 Å². The Morgan fingerprint density at radius 1 is 1.35 bits per heavy atom. The summed E-state index contributed by atoms with van der Waals surface area (Å²) >= 11 is 5.97. The average molecular weight is 253 g/mol. The van der Waals surface area contributed by atoms with Crippen molar-refractivity contribution in [3.63, 3.8) is 0 Å². The van der Waals surface area contributed by atoms with Gasteiger partial charge >= 0.3 is 0 Å². The molecular formula is C11H13ClN4O. The SMILES string of the molecule is OCC1CCCC1n1cnc2c(Cl)ncnc21. The predicted octanol–water partition coefficient (Wildman–Crippen LogP) is 1.81. The van der Waals surface area contributed by atoms with Crippen LogP contribution in [0.2, 0.25) is 5.15 Å². The molecule has 0 aromatic carbocycles. The molecule has 0 amide bonds. The summed E-state index contributed by atoms with van der Waals surface area (Å²) in [6.07, 6.45) is 6.45. The summed E-state index contributed by atoms with van der Waals surface area (Å²) in [6, 6.07) is 0.274. The number of hydrogen-bond acceptors (Lipinski definition) is 4. The maximum absolute atomic E-state index is 9.37. The molecule has 5 nitrogen and oxygen atoms in total. The van der Waals surface area contributed by atoms with Gasteiger partial charge in [-0.05, 0) is 12.8 Å². The molecule has 6 heteroatoms. The van der Waals surface area contributed by atoms with Crippen LogP contribution in [0.5, 0.6) is 0 Å². The largest absolute Gasteiger partial charge is 0.396 e. The second-order valence-electron chi connectivity index (χ2n) is 4.43. The Morgan fingerprint density at radius 2 is 2.24 bits per heavy atom. The molecule has 0 radical (unpaired) electrons. The molecule has 2 aromatic rings. The molecule has 1 N–H and O–H groups in total. The van der Waals surface area contributed by atoms with Crippen LogP contribution in [0.25, 0.3) is 11.2 Å². The Hall–Kier alpha value is -1.20. The van der Waals surface area contributed by atoms with Crippen molar-refractivity contribution in [3.8, 4) is 0 Å². The zero-order valence-electron chi connectivity index (χ0n) is 9.25. The third kappa shape index (κ3) is 1.70. The van der Waals surface area contributed by atoms with Crippen LogP contribution >= 0.6 is 11.6 Å². The fourth-order valence-electron chi connectivity index (χ4n) is 2.66. The highest BCUT2D eigenvalue weighted by Crippen LogP contribution is 2.37. The number of aromatic nitrogens is 4. The normalized spacial score (nSPS) is 24.6. The number of aliphatic hydroxyl groups is 1. The van der Waals surface area contributed by atoms with Gasteiger partial charge in [0.05, 0.1) is 6.33 Å². The summed E-state index contributed by atoms with van der Waals surface area (Å²) in [5.41, 5.74) is 1.40. The summed E-state index contributed by atoms with van der Waals surface area (Å²) in [4.78, 5) is 12.4. The lowest BCUT2D eigenvalue weighted by atomic mass is 10.1. The summed E-state index contributed by atoms with van der Waals surface area (Å²) < 4.78 is 2.02. The monoisotopic (exact) mass is 252 g/mol. The van der Waals surface area contributed by atoms with Crippen LogP contribution in [0, 0.1) is 5.92 Å². The van der Waals surface area contributed by atoms with E-state index in [1.807, 2.05) is 4.57 Å². The van der Waals surface area contributed by atoms with Crippen molar-refractivity contribution >= 4 is 22.8 Å². The van der Waals surface area contributed by atoms with E-state index in [-0.39, 0.29) is 12.6 Å². The second-order valence-corrected chi connectivity index (χ2v) is 4.79. The quantitative estimate of drug-likeness (QED) is 0.828. The minimum atomic E-state index is 0.211. The Morgan fingerprint density at radius 3 is 3.06 bits per heavy atom. The van der Waals surface area contributed by atoms with Gasteiger partial charge in [0.1, 0.15) is 11.8 Å². The van der Waals surface area contributed by atoms with Gasteiger partial charge in [-0.3, -0.25) is 0 Å². The van der Waals surface area contributed by atoms with Gasteiger partial charge in [-0.25, -0.2) is 15.0 Å². The number of imidazole rings is 1. The van der Waals surface area contributed by atoms with Crippen molar-refractivity contribution in [3.05, 3.63) is 17.8 Å². The van der Waals surface area contributed by atoms with E-state index in [0.29, 0.717) is 16.6 Å². The van der Waals surface area contributed by atoms with E-state index in [9.17, 15) is 5.11 Å². The molecule has 1 aliphatic rings. The van der Waals surface area contributed by atoms with Crippen molar-refractivity contribution in [1.82, 2.24) is 19.5 Å². The molecule has 2 heterocycles. The predicted molar refractivity (Wildman–Crippen MR) is 63.8 cm³/mol. The molecule has 2 atom stereocenters. The van der Waals surface area contributed by atoms with Crippen LogP contribution in [0.1, 0.15) is 25.3 Å². The third-order valence-electron chi connectivity index (χ3n) is 3.52. The molecular weight excluding hydrogens is 240 g/mol. The maximum atomic E-state index is 9.37. The zero-order chi connectivity index (χ0) is 11.8. The summed E-state index contributed by atoms with van der Waals surface area (Å²) in [7, 11) is 0. The first-order valence-corrected chi connectivity index (χ1v) is 6.13. The van der Waals surface area contributed by atoms with Gasteiger partial charge in [0.25, 0.3) is 0 Å². The molecule has 1 aliphatic carbocycles. The summed E-state index contributed by atoms with van der Waals surface area (Å²) in [6.45, 7) is 0.211. The van der Waals surface area contributed by atoms with E-state index in [4.69, 9.17) is 11.6 Å².